The number of aromatic amines is 1. The van der Waals surface area contributed by atoms with Gasteiger partial charge in [-0.2, -0.15) is 0 Å². The first kappa shape index (κ1) is 15.1. The molecule has 1 fully saturated rings. The average molecular weight is 327 g/mol. The van der Waals surface area contributed by atoms with Gasteiger partial charge in [-0.3, -0.25) is 9.69 Å². The summed E-state index contributed by atoms with van der Waals surface area (Å²) in [6, 6.07) is 10.2. The SMILES string of the molecule is CN1C(=O)/C(=C/c2ccc[nH]2)SC1=Nc1ccccc1C(=O)O. The van der Waals surface area contributed by atoms with Crippen LogP contribution in [0.4, 0.5) is 5.69 Å². The molecule has 0 aliphatic carbocycles. The molecule has 6 nitrogen and oxygen atoms in total. The van der Waals surface area contributed by atoms with Gasteiger partial charge in [-0.15, -0.1) is 0 Å². The number of nitrogens with zero attached hydrogens (tertiary/aromatic N) is 2. The highest BCUT2D eigenvalue weighted by Crippen LogP contribution is 2.33. The molecule has 116 valence electrons. The monoisotopic (exact) mass is 327 g/mol. The van der Waals surface area contributed by atoms with E-state index in [1.807, 2.05) is 12.1 Å². The van der Waals surface area contributed by atoms with Crippen LogP contribution in [0.1, 0.15) is 16.1 Å². The molecule has 3 rings (SSSR count). The number of likely N-dealkylation sites (N-methyl/N-ethyl adjacent to an activating group) is 1. The number of H-pyrrole nitrogens is 1. The molecule has 1 aromatic carbocycles. The van der Waals surface area contributed by atoms with E-state index in [1.54, 1.807) is 37.5 Å². The highest BCUT2D eigenvalue weighted by molar-refractivity contribution is 8.18. The first-order valence-electron chi connectivity index (χ1n) is 6.78. The molecule has 2 aromatic rings. The molecule has 0 atom stereocenters. The van der Waals surface area contributed by atoms with Crippen LogP contribution in [0.2, 0.25) is 0 Å². The Kier molecular flexibility index (Phi) is 4.03. The summed E-state index contributed by atoms with van der Waals surface area (Å²) in [5.74, 6) is -1.22. The highest BCUT2D eigenvalue weighted by atomic mass is 32.2. The highest BCUT2D eigenvalue weighted by Gasteiger charge is 2.30. The Hall–Kier alpha value is -2.80. The van der Waals surface area contributed by atoms with Gasteiger partial charge < -0.3 is 10.1 Å². The first-order chi connectivity index (χ1) is 11.1. The number of nitrogens with one attached hydrogen (secondary N) is 1. The summed E-state index contributed by atoms with van der Waals surface area (Å²) in [5, 5.41) is 9.65. The third kappa shape index (κ3) is 3.04. The zero-order chi connectivity index (χ0) is 16.4. The number of aromatic nitrogens is 1. The largest absolute Gasteiger partial charge is 0.478 e. The molecule has 0 unspecified atom stereocenters. The zero-order valence-corrected chi connectivity index (χ0v) is 13.0. The van der Waals surface area contributed by atoms with E-state index in [4.69, 9.17) is 0 Å². The second-order valence-corrected chi connectivity index (χ2v) is 5.83. The Labute approximate surface area is 136 Å². The molecular formula is C16H13N3O3S. The van der Waals surface area contributed by atoms with Gasteiger partial charge in [0.1, 0.15) is 0 Å². The van der Waals surface area contributed by atoms with E-state index in [1.165, 1.54) is 22.7 Å². The van der Waals surface area contributed by atoms with Crippen molar-refractivity contribution in [2.45, 2.75) is 0 Å². The molecule has 1 saturated heterocycles. The summed E-state index contributed by atoms with van der Waals surface area (Å²) < 4.78 is 0. The number of carbonyl (C=O) groups excluding carboxylic acids is 1. The van der Waals surface area contributed by atoms with E-state index in [9.17, 15) is 14.7 Å². The van der Waals surface area contributed by atoms with E-state index < -0.39 is 5.97 Å². The lowest BCUT2D eigenvalue weighted by atomic mass is 10.2. The van der Waals surface area contributed by atoms with Crippen molar-refractivity contribution < 1.29 is 14.7 Å². The fourth-order valence-electron chi connectivity index (χ4n) is 2.08. The Morgan fingerprint density at radius 3 is 2.78 bits per heavy atom. The molecule has 1 aromatic heterocycles. The van der Waals surface area contributed by atoms with Gasteiger partial charge in [-0.1, -0.05) is 12.1 Å². The lowest BCUT2D eigenvalue weighted by Gasteiger charge is -2.08. The van der Waals surface area contributed by atoms with E-state index in [0.717, 1.165) is 5.69 Å². The van der Waals surface area contributed by atoms with Crippen LogP contribution in [0.25, 0.3) is 6.08 Å². The Morgan fingerprint density at radius 1 is 1.30 bits per heavy atom. The molecule has 1 amide bonds. The van der Waals surface area contributed by atoms with Gasteiger partial charge in [0.15, 0.2) is 5.17 Å². The van der Waals surface area contributed by atoms with Crippen molar-refractivity contribution in [3.8, 4) is 0 Å². The van der Waals surface area contributed by atoms with Crippen LogP contribution in [0, 0.1) is 0 Å². The van der Waals surface area contributed by atoms with Gasteiger partial charge in [-0.05, 0) is 42.1 Å². The van der Waals surface area contributed by atoms with Crippen LogP contribution in [-0.4, -0.2) is 39.1 Å². The normalized spacial score (nSPS) is 18.1. The average Bonchev–Trinajstić information content (AvgIpc) is 3.13. The molecule has 23 heavy (non-hydrogen) atoms. The summed E-state index contributed by atoms with van der Waals surface area (Å²) in [4.78, 5) is 32.8. The van der Waals surface area contributed by atoms with Crippen molar-refractivity contribution in [1.29, 1.82) is 0 Å². The summed E-state index contributed by atoms with van der Waals surface area (Å²) in [6.45, 7) is 0. The zero-order valence-electron chi connectivity index (χ0n) is 12.2. The number of aliphatic imine (C=N–C) groups is 1. The van der Waals surface area contributed by atoms with Crippen LogP contribution in [0.5, 0.6) is 0 Å². The first-order valence-corrected chi connectivity index (χ1v) is 7.60. The van der Waals surface area contributed by atoms with Crippen molar-refractivity contribution in [3.05, 3.63) is 58.8 Å². The fraction of sp³-hybridized carbons (Fsp3) is 0.0625. The summed E-state index contributed by atoms with van der Waals surface area (Å²) in [7, 11) is 1.62. The topological polar surface area (TPSA) is 85.8 Å². The van der Waals surface area contributed by atoms with Gasteiger partial charge >= 0.3 is 5.97 Å². The number of carboxylic acids is 1. The van der Waals surface area contributed by atoms with E-state index in [2.05, 4.69) is 9.98 Å². The van der Waals surface area contributed by atoms with Crippen LogP contribution in [0.3, 0.4) is 0 Å². The van der Waals surface area contributed by atoms with Crippen LogP contribution in [-0.2, 0) is 4.79 Å². The minimum Gasteiger partial charge on any atom is -0.478 e. The van der Waals surface area contributed by atoms with Crippen LogP contribution >= 0.6 is 11.8 Å². The number of amides is 1. The Morgan fingerprint density at radius 2 is 2.09 bits per heavy atom. The number of amidine groups is 1. The minimum absolute atomic E-state index is 0.100. The van der Waals surface area contributed by atoms with Gasteiger partial charge in [-0.25, -0.2) is 9.79 Å². The van der Waals surface area contributed by atoms with Gasteiger partial charge in [0, 0.05) is 18.9 Å². The minimum atomic E-state index is -1.05. The third-order valence-electron chi connectivity index (χ3n) is 3.26. The number of carbonyl (C=O) groups is 2. The number of hydrogen-bond donors (Lipinski definition) is 2. The van der Waals surface area contributed by atoms with E-state index >= 15 is 0 Å². The summed E-state index contributed by atoms with van der Waals surface area (Å²) >= 11 is 1.21. The molecule has 2 heterocycles. The number of aromatic carboxylic acids is 1. The molecule has 2 N–H and O–H groups in total. The molecule has 0 spiro atoms. The predicted octanol–water partition coefficient (Wildman–Crippen LogP) is 2.95. The number of benzene rings is 1. The van der Waals surface area contributed by atoms with Crippen molar-refractivity contribution >= 4 is 40.6 Å². The molecule has 7 heteroatoms. The molecule has 0 radical (unpaired) electrons. The number of para-hydroxylation sites is 1. The summed E-state index contributed by atoms with van der Waals surface area (Å²) in [6.07, 6.45) is 3.52. The van der Waals surface area contributed by atoms with E-state index in [-0.39, 0.29) is 11.5 Å². The lowest BCUT2D eigenvalue weighted by Crippen LogP contribution is -2.23. The van der Waals surface area contributed by atoms with Gasteiger partial charge in [0.05, 0.1) is 16.2 Å². The van der Waals surface area contributed by atoms with E-state index in [0.29, 0.717) is 15.8 Å². The number of hydrogen-bond acceptors (Lipinski definition) is 4. The maximum Gasteiger partial charge on any atom is 0.337 e. The molecular weight excluding hydrogens is 314 g/mol. The standard InChI is InChI=1S/C16H13N3O3S/c1-19-14(20)13(9-10-5-4-8-17-10)23-16(19)18-12-7-3-2-6-11(12)15(21)22/h2-9,17H,1H3,(H,21,22)/b13-9-,18-16?. The molecule has 1 aliphatic heterocycles. The fourth-order valence-corrected chi connectivity index (χ4v) is 3.05. The Bertz CT molecular complexity index is 825. The maximum atomic E-state index is 12.3. The number of carboxylic acid groups (broad SMARTS) is 1. The van der Waals surface area contributed by atoms with Crippen LogP contribution in [0.15, 0.2) is 52.5 Å². The van der Waals surface area contributed by atoms with Crippen molar-refractivity contribution in [3.63, 3.8) is 0 Å². The number of thioether (sulfide) groups is 1. The van der Waals surface area contributed by atoms with Gasteiger partial charge in [0.2, 0.25) is 0 Å². The Balaban J connectivity index is 1.96. The second kappa shape index (κ2) is 6.13. The van der Waals surface area contributed by atoms with Crippen molar-refractivity contribution in [1.82, 2.24) is 9.88 Å². The smallest absolute Gasteiger partial charge is 0.337 e. The van der Waals surface area contributed by atoms with Gasteiger partial charge in [0.25, 0.3) is 5.91 Å². The van der Waals surface area contributed by atoms with Crippen molar-refractivity contribution in [2.24, 2.45) is 4.99 Å². The van der Waals surface area contributed by atoms with Crippen molar-refractivity contribution in [2.75, 3.05) is 7.05 Å². The molecule has 0 saturated carbocycles. The third-order valence-corrected chi connectivity index (χ3v) is 4.32. The molecule has 1 aliphatic rings. The number of rotatable bonds is 3. The van der Waals surface area contributed by atoms with Crippen LogP contribution < -0.4 is 0 Å². The predicted molar refractivity (Wildman–Crippen MR) is 89.6 cm³/mol. The summed E-state index contributed by atoms with van der Waals surface area (Å²) in [5.41, 5.74) is 1.24. The lowest BCUT2D eigenvalue weighted by molar-refractivity contribution is -0.121. The molecule has 0 bridgehead atoms. The second-order valence-electron chi connectivity index (χ2n) is 4.82. The quantitative estimate of drug-likeness (QED) is 0.849. The maximum absolute atomic E-state index is 12.3.